The van der Waals surface area contributed by atoms with Gasteiger partial charge >= 0.3 is 0 Å². The number of nitrogens with two attached hydrogens (primary N) is 1. The molecule has 0 amide bonds. The molecule has 0 bridgehead atoms. The van der Waals surface area contributed by atoms with Gasteiger partial charge in [-0.2, -0.15) is 5.10 Å². The molecule has 2 rings (SSSR count). The van der Waals surface area contributed by atoms with Gasteiger partial charge in [0, 0.05) is 10.9 Å². The third kappa shape index (κ3) is 2.40. The molecule has 0 spiro atoms. The molecule has 4 nitrogen and oxygen atoms in total. The SMILES string of the molecule is Cc1cc(Cl)ccc1-n1nc(C(C)C)nc1CN. The highest BCUT2D eigenvalue weighted by Gasteiger charge is 2.14. The first kappa shape index (κ1) is 13.1. The van der Waals surface area contributed by atoms with Gasteiger partial charge in [0.1, 0.15) is 5.82 Å². The first-order valence-corrected chi connectivity index (χ1v) is 6.33. The molecule has 1 heterocycles. The molecule has 0 aliphatic carbocycles. The Morgan fingerprint density at radius 2 is 2.11 bits per heavy atom. The standard InChI is InChI=1S/C13H17ClN4/c1-8(2)13-16-12(7-15)18(17-13)11-5-4-10(14)6-9(11)3/h4-6,8H,7,15H2,1-3H3. The van der Waals surface area contributed by atoms with Crippen LogP contribution < -0.4 is 5.73 Å². The maximum absolute atomic E-state index is 5.96. The minimum absolute atomic E-state index is 0.282. The number of rotatable bonds is 3. The Labute approximate surface area is 112 Å². The molecule has 18 heavy (non-hydrogen) atoms. The number of benzene rings is 1. The van der Waals surface area contributed by atoms with E-state index in [1.54, 1.807) is 4.68 Å². The lowest BCUT2D eigenvalue weighted by molar-refractivity contribution is 0.743. The summed E-state index contributed by atoms with van der Waals surface area (Å²) < 4.78 is 1.81. The van der Waals surface area contributed by atoms with E-state index in [1.165, 1.54) is 0 Å². The summed E-state index contributed by atoms with van der Waals surface area (Å²) in [6, 6.07) is 5.70. The summed E-state index contributed by atoms with van der Waals surface area (Å²) in [6.07, 6.45) is 0. The summed E-state index contributed by atoms with van der Waals surface area (Å²) in [5.74, 6) is 1.86. The number of nitrogens with zero attached hydrogens (tertiary/aromatic N) is 3. The van der Waals surface area contributed by atoms with Crippen molar-refractivity contribution in [1.29, 1.82) is 0 Å². The Hall–Kier alpha value is -1.39. The molecule has 2 N–H and O–H groups in total. The molecule has 1 aromatic heterocycles. The quantitative estimate of drug-likeness (QED) is 0.927. The van der Waals surface area contributed by atoms with Gasteiger partial charge in [-0.25, -0.2) is 9.67 Å². The van der Waals surface area contributed by atoms with E-state index in [0.29, 0.717) is 6.54 Å². The largest absolute Gasteiger partial charge is 0.324 e. The molecular formula is C13H17ClN4. The van der Waals surface area contributed by atoms with E-state index in [0.717, 1.165) is 27.9 Å². The van der Waals surface area contributed by atoms with Gasteiger partial charge in [-0.05, 0) is 30.7 Å². The molecule has 0 radical (unpaired) electrons. The fourth-order valence-electron chi connectivity index (χ4n) is 1.79. The molecule has 0 saturated carbocycles. The molecule has 0 saturated heterocycles. The molecule has 0 aliphatic rings. The van der Waals surface area contributed by atoms with Gasteiger partial charge in [0.2, 0.25) is 0 Å². The molecular weight excluding hydrogens is 248 g/mol. The Balaban J connectivity index is 2.55. The van der Waals surface area contributed by atoms with Crippen LogP contribution in [0.3, 0.4) is 0 Å². The summed E-state index contributed by atoms with van der Waals surface area (Å²) in [5, 5.41) is 5.24. The topological polar surface area (TPSA) is 56.7 Å². The van der Waals surface area contributed by atoms with Crippen LogP contribution in [0.4, 0.5) is 0 Å². The van der Waals surface area contributed by atoms with Crippen LogP contribution >= 0.6 is 11.6 Å². The van der Waals surface area contributed by atoms with Crippen molar-refractivity contribution in [2.45, 2.75) is 33.2 Å². The Morgan fingerprint density at radius 3 is 2.67 bits per heavy atom. The normalized spacial score (nSPS) is 11.2. The van der Waals surface area contributed by atoms with E-state index in [-0.39, 0.29) is 5.92 Å². The zero-order chi connectivity index (χ0) is 13.3. The van der Waals surface area contributed by atoms with Gasteiger partial charge in [0.25, 0.3) is 0 Å². The summed E-state index contributed by atoms with van der Waals surface area (Å²) in [6.45, 7) is 6.49. The minimum atomic E-state index is 0.282. The number of hydrogen-bond acceptors (Lipinski definition) is 3. The van der Waals surface area contributed by atoms with Crippen molar-refractivity contribution < 1.29 is 0 Å². The molecule has 0 fully saturated rings. The summed E-state index contributed by atoms with van der Waals surface area (Å²) in [7, 11) is 0. The number of hydrogen-bond donors (Lipinski definition) is 1. The van der Waals surface area contributed by atoms with Crippen LogP contribution in [0.1, 0.15) is 37.0 Å². The van der Waals surface area contributed by atoms with E-state index in [1.807, 2.05) is 25.1 Å². The fourth-order valence-corrected chi connectivity index (χ4v) is 2.01. The molecule has 2 aromatic rings. The third-order valence-electron chi connectivity index (χ3n) is 2.78. The van der Waals surface area contributed by atoms with Crippen molar-refractivity contribution in [2.24, 2.45) is 5.73 Å². The average molecular weight is 265 g/mol. The van der Waals surface area contributed by atoms with Crippen molar-refractivity contribution in [3.05, 3.63) is 40.4 Å². The highest BCUT2D eigenvalue weighted by atomic mass is 35.5. The van der Waals surface area contributed by atoms with Crippen LogP contribution in [0.25, 0.3) is 5.69 Å². The van der Waals surface area contributed by atoms with Gasteiger partial charge in [0.05, 0.1) is 12.2 Å². The van der Waals surface area contributed by atoms with E-state index < -0.39 is 0 Å². The maximum atomic E-state index is 5.96. The summed E-state index contributed by atoms with van der Waals surface area (Å²) >= 11 is 5.96. The Kier molecular flexibility index (Phi) is 3.68. The zero-order valence-corrected chi connectivity index (χ0v) is 11.6. The molecule has 96 valence electrons. The van der Waals surface area contributed by atoms with Crippen molar-refractivity contribution in [3.63, 3.8) is 0 Å². The molecule has 0 atom stereocenters. The van der Waals surface area contributed by atoms with Crippen molar-refractivity contribution in [3.8, 4) is 5.69 Å². The van der Waals surface area contributed by atoms with Gasteiger partial charge in [-0.1, -0.05) is 25.4 Å². The average Bonchev–Trinajstić information content (AvgIpc) is 2.73. The molecule has 1 aromatic carbocycles. The number of aromatic nitrogens is 3. The van der Waals surface area contributed by atoms with Gasteiger partial charge < -0.3 is 5.73 Å². The number of aryl methyl sites for hydroxylation is 1. The van der Waals surface area contributed by atoms with Crippen LogP contribution in [0.15, 0.2) is 18.2 Å². The molecule has 5 heteroatoms. The lowest BCUT2D eigenvalue weighted by Gasteiger charge is -2.08. The second kappa shape index (κ2) is 5.08. The third-order valence-corrected chi connectivity index (χ3v) is 3.01. The van der Waals surface area contributed by atoms with E-state index in [2.05, 4.69) is 23.9 Å². The lowest BCUT2D eigenvalue weighted by atomic mass is 10.2. The number of halogens is 1. The highest BCUT2D eigenvalue weighted by Crippen LogP contribution is 2.21. The van der Waals surface area contributed by atoms with Crippen LogP contribution in [0, 0.1) is 6.92 Å². The maximum Gasteiger partial charge on any atom is 0.153 e. The van der Waals surface area contributed by atoms with Crippen LogP contribution in [-0.2, 0) is 6.54 Å². The second-order valence-electron chi connectivity index (χ2n) is 4.59. The van der Waals surface area contributed by atoms with E-state index in [9.17, 15) is 0 Å². The van der Waals surface area contributed by atoms with Crippen LogP contribution in [-0.4, -0.2) is 14.8 Å². The first-order valence-electron chi connectivity index (χ1n) is 5.95. The predicted molar refractivity (Wildman–Crippen MR) is 73.1 cm³/mol. The smallest absolute Gasteiger partial charge is 0.153 e. The summed E-state index contributed by atoms with van der Waals surface area (Å²) in [5.41, 5.74) is 7.76. The van der Waals surface area contributed by atoms with Crippen LogP contribution in [0.2, 0.25) is 5.02 Å². The van der Waals surface area contributed by atoms with Gasteiger partial charge in [-0.3, -0.25) is 0 Å². The van der Waals surface area contributed by atoms with Crippen LogP contribution in [0.5, 0.6) is 0 Å². The van der Waals surface area contributed by atoms with E-state index in [4.69, 9.17) is 17.3 Å². The first-order chi connectivity index (χ1) is 8.52. The van der Waals surface area contributed by atoms with E-state index >= 15 is 0 Å². The predicted octanol–water partition coefficient (Wildman–Crippen LogP) is 2.81. The lowest BCUT2D eigenvalue weighted by Crippen LogP contribution is -2.09. The zero-order valence-electron chi connectivity index (χ0n) is 10.8. The molecule has 0 unspecified atom stereocenters. The monoisotopic (exact) mass is 264 g/mol. The Bertz CT molecular complexity index is 560. The van der Waals surface area contributed by atoms with Gasteiger partial charge in [0.15, 0.2) is 5.82 Å². The van der Waals surface area contributed by atoms with Crippen molar-refractivity contribution in [1.82, 2.24) is 14.8 Å². The fraction of sp³-hybridized carbons (Fsp3) is 0.385. The van der Waals surface area contributed by atoms with Crippen molar-refractivity contribution >= 4 is 11.6 Å². The highest BCUT2D eigenvalue weighted by molar-refractivity contribution is 6.30. The van der Waals surface area contributed by atoms with Gasteiger partial charge in [-0.15, -0.1) is 0 Å². The Morgan fingerprint density at radius 1 is 1.39 bits per heavy atom. The minimum Gasteiger partial charge on any atom is -0.324 e. The summed E-state index contributed by atoms with van der Waals surface area (Å²) in [4.78, 5) is 4.46. The van der Waals surface area contributed by atoms with Crippen molar-refractivity contribution in [2.75, 3.05) is 0 Å². The molecule has 0 aliphatic heterocycles. The second-order valence-corrected chi connectivity index (χ2v) is 5.02.